The lowest BCUT2D eigenvalue weighted by molar-refractivity contribution is -0.384. The quantitative estimate of drug-likeness (QED) is 0.0498. The van der Waals surface area contributed by atoms with Crippen LogP contribution in [0.1, 0.15) is 60.8 Å². The Kier molecular flexibility index (Phi) is 12.8. The van der Waals surface area contributed by atoms with Gasteiger partial charge in [0.05, 0.1) is 4.92 Å². The molecular formula is C40H42N6O9. The lowest BCUT2D eigenvalue weighted by Gasteiger charge is -2.25. The van der Waals surface area contributed by atoms with Crippen LogP contribution in [0, 0.1) is 16.0 Å². The van der Waals surface area contributed by atoms with Gasteiger partial charge in [-0.15, -0.1) is 0 Å². The van der Waals surface area contributed by atoms with Gasteiger partial charge in [0.2, 0.25) is 11.8 Å². The van der Waals surface area contributed by atoms with Crippen molar-refractivity contribution in [2.24, 2.45) is 11.7 Å². The van der Waals surface area contributed by atoms with Crippen LogP contribution in [-0.4, -0.2) is 65.2 Å². The molecule has 0 aliphatic heterocycles. The van der Waals surface area contributed by atoms with Gasteiger partial charge in [0, 0.05) is 30.3 Å². The topological polar surface area (TPSA) is 232 Å². The predicted molar refractivity (Wildman–Crippen MR) is 203 cm³/mol. The van der Waals surface area contributed by atoms with Crippen LogP contribution in [0.2, 0.25) is 0 Å². The van der Waals surface area contributed by atoms with Crippen LogP contribution < -0.4 is 27.0 Å². The fraction of sp³-hybridized carbons (Fsp3) is 0.275. The number of amides is 5. The lowest BCUT2D eigenvalue weighted by atomic mass is 9.91. The normalized spacial score (nSPS) is 13.4. The number of hydrogen-bond acceptors (Lipinski definition) is 8. The molecule has 55 heavy (non-hydrogen) atoms. The van der Waals surface area contributed by atoms with E-state index in [0.29, 0.717) is 16.8 Å². The first-order valence-corrected chi connectivity index (χ1v) is 17.7. The van der Waals surface area contributed by atoms with Gasteiger partial charge >= 0.3 is 18.1 Å². The summed E-state index contributed by atoms with van der Waals surface area (Å²) in [6.07, 6.45) is -0.440. The number of carbonyl (C=O) groups is 5. The van der Waals surface area contributed by atoms with Gasteiger partial charge in [-0.05, 0) is 64.3 Å². The van der Waals surface area contributed by atoms with E-state index in [1.165, 1.54) is 48.5 Å². The summed E-state index contributed by atoms with van der Waals surface area (Å²) >= 11 is 0. The average molecular weight is 751 g/mol. The standard InChI is InChI=1S/C40H42N6O9/c1-23(2)35(45-40(52)55-22-32-30-10-5-3-8-28(30)29-9-4-6-11-31(29)32)37(48)44-33(12-7-21-42-39(41)51)36(47)43-26-17-13-24(14-18-26)34(38(49)50)25-15-19-27(20-16-25)46(53)54/h3-6,8-11,13-20,23,32-35H,7,12,21-22H2,1-2H3,(H,43,47)(H,44,48)(H,45,52)(H,49,50)(H3,41,42,51)/t33-,34?,35-/m0/s1. The van der Waals surface area contributed by atoms with Crippen LogP contribution in [-0.2, 0) is 19.1 Å². The molecule has 15 heteroatoms. The number of non-ortho nitro benzene ring substituents is 1. The third-order valence-corrected chi connectivity index (χ3v) is 9.36. The first-order valence-electron chi connectivity index (χ1n) is 17.7. The van der Waals surface area contributed by atoms with Crippen molar-refractivity contribution in [2.75, 3.05) is 18.5 Å². The maximum Gasteiger partial charge on any atom is 0.407 e. The molecule has 0 saturated heterocycles. The summed E-state index contributed by atoms with van der Waals surface area (Å²) in [4.78, 5) is 74.2. The number of benzene rings is 4. The van der Waals surface area contributed by atoms with Gasteiger partial charge in [-0.1, -0.05) is 86.6 Å². The number of primary amides is 1. The monoisotopic (exact) mass is 750 g/mol. The summed E-state index contributed by atoms with van der Waals surface area (Å²) in [6, 6.07) is 24.1. The van der Waals surface area contributed by atoms with Crippen LogP contribution >= 0.6 is 0 Å². The second-order valence-corrected chi connectivity index (χ2v) is 13.4. The first kappa shape index (κ1) is 39.4. The molecule has 0 fully saturated rings. The maximum atomic E-state index is 13.6. The Labute approximate surface area is 316 Å². The number of urea groups is 1. The van der Waals surface area contributed by atoms with E-state index in [1.54, 1.807) is 13.8 Å². The largest absolute Gasteiger partial charge is 0.481 e. The number of carboxylic acid groups (broad SMARTS) is 1. The summed E-state index contributed by atoms with van der Waals surface area (Å²) in [5, 5.41) is 31.5. The minimum Gasteiger partial charge on any atom is -0.481 e. The Balaban J connectivity index is 1.24. The summed E-state index contributed by atoms with van der Waals surface area (Å²) < 4.78 is 5.66. The van der Waals surface area contributed by atoms with Crippen molar-refractivity contribution in [3.05, 3.63) is 129 Å². The number of ether oxygens (including phenoxy) is 1. The Morgan fingerprint density at radius 3 is 1.91 bits per heavy atom. The summed E-state index contributed by atoms with van der Waals surface area (Å²) in [5.74, 6) is -4.12. The van der Waals surface area contributed by atoms with Crippen LogP contribution in [0.3, 0.4) is 0 Å². The molecule has 0 bridgehead atoms. The highest BCUT2D eigenvalue weighted by molar-refractivity contribution is 5.98. The number of nitrogens with one attached hydrogen (secondary N) is 4. The van der Waals surface area contributed by atoms with Crippen molar-refractivity contribution in [2.45, 2.75) is 50.6 Å². The Hall–Kier alpha value is -6.77. The number of nitro groups is 1. The number of hydrogen-bond donors (Lipinski definition) is 6. The first-order chi connectivity index (χ1) is 26.3. The Morgan fingerprint density at radius 2 is 1.38 bits per heavy atom. The molecule has 286 valence electrons. The lowest BCUT2D eigenvalue weighted by Crippen LogP contribution is -2.54. The van der Waals surface area contributed by atoms with Gasteiger partial charge in [0.15, 0.2) is 0 Å². The molecule has 15 nitrogen and oxygen atoms in total. The number of nitrogens with zero attached hydrogens (tertiary/aromatic N) is 1. The summed E-state index contributed by atoms with van der Waals surface area (Å²) in [5.41, 5.74) is 10.2. The number of carbonyl (C=O) groups excluding carboxylic acids is 4. The molecule has 0 radical (unpaired) electrons. The van der Waals surface area contributed by atoms with Gasteiger partial charge < -0.3 is 36.8 Å². The van der Waals surface area contributed by atoms with E-state index in [4.69, 9.17) is 10.5 Å². The van der Waals surface area contributed by atoms with Crippen molar-refractivity contribution in [3.8, 4) is 11.1 Å². The van der Waals surface area contributed by atoms with Crippen molar-refractivity contribution >= 4 is 41.3 Å². The second-order valence-electron chi connectivity index (χ2n) is 13.4. The molecule has 0 saturated carbocycles. The molecular weight excluding hydrogens is 708 g/mol. The Morgan fingerprint density at radius 1 is 0.818 bits per heavy atom. The highest BCUT2D eigenvalue weighted by Gasteiger charge is 2.32. The van der Waals surface area contributed by atoms with E-state index in [-0.39, 0.29) is 37.6 Å². The fourth-order valence-corrected chi connectivity index (χ4v) is 6.60. The molecule has 1 aliphatic rings. The number of nitrogens with two attached hydrogens (primary N) is 1. The molecule has 1 unspecified atom stereocenters. The number of rotatable bonds is 16. The predicted octanol–water partition coefficient (Wildman–Crippen LogP) is 5.25. The maximum absolute atomic E-state index is 13.6. The van der Waals surface area contributed by atoms with Gasteiger partial charge in [-0.2, -0.15) is 0 Å². The highest BCUT2D eigenvalue weighted by Crippen LogP contribution is 2.44. The van der Waals surface area contributed by atoms with Crippen LogP contribution in [0.5, 0.6) is 0 Å². The summed E-state index contributed by atoms with van der Waals surface area (Å²) in [6.45, 7) is 3.66. The van der Waals surface area contributed by atoms with Crippen LogP contribution in [0.4, 0.5) is 21.0 Å². The number of fused-ring (bicyclic) bond motifs is 3. The van der Waals surface area contributed by atoms with Crippen LogP contribution in [0.25, 0.3) is 11.1 Å². The molecule has 0 aromatic heterocycles. The smallest absolute Gasteiger partial charge is 0.407 e. The number of aliphatic carboxylic acids is 1. The molecule has 5 rings (SSSR count). The van der Waals surface area contributed by atoms with E-state index in [2.05, 4.69) is 21.3 Å². The zero-order chi connectivity index (χ0) is 39.6. The minimum atomic E-state index is -1.18. The fourth-order valence-electron chi connectivity index (χ4n) is 6.60. The van der Waals surface area contributed by atoms with E-state index < -0.39 is 58.8 Å². The van der Waals surface area contributed by atoms with Gasteiger partial charge in [-0.25, -0.2) is 9.59 Å². The van der Waals surface area contributed by atoms with E-state index in [1.807, 2.05) is 48.5 Å². The number of nitro benzene ring substituents is 1. The molecule has 7 N–H and O–H groups in total. The zero-order valence-corrected chi connectivity index (χ0v) is 30.2. The van der Waals surface area contributed by atoms with Crippen molar-refractivity contribution in [3.63, 3.8) is 0 Å². The van der Waals surface area contributed by atoms with E-state index in [0.717, 1.165) is 22.3 Å². The molecule has 0 heterocycles. The van der Waals surface area contributed by atoms with Crippen LogP contribution in [0.15, 0.2) is 97.1 Å². The Bertz CT molecular complexity index is 2010. The molecule has 0 spiro atoms. The third kappa shape index (κ3) is 9.81. The third-order valence-electron chi connectivity index (χ3n) is 9.36. The van der Waals surface area contributed by atoms with E-state index >= 15 is 0 Å². The molecule has 1 aliphatic carbocycles. The summed E-state index contributed by atoms with van der Waals surface area (Å²) in [7, 11) is 0. The van der Waals surface area contributed by atoms with Gasteiger partial charge in [0.25, 0.3) is 5.69 Å². The van der Waals surface area contributed by atoms with Gasteiger partial charge in [-0.3, -0.25) is 24.5 Å². The number of anilines is 1. The average Bonchev–Trinajstić information content (AvgIpc) is 3.48. The van der Waals surface area contributed by atoms with E-state index in [9.17, 15) is 39.2 Å². The molecule has 3 atom stereocenters. The number of alkyl carbamates (subject to hydrolysis) is 1. The second kappa shape index (κ2) is 17.8. The SMILES string of the molecule is CC(C)[C@H](NC(=O)OCC1c2ccccc2-c2ccccc21)C(=O)N[C@@H](CCCNC(N)=O)C(=O)Nc1ccc(C(C(=O)O)c2ccc([N+](=O)[O-])cc2)cc1. The minimum absolute atomic E-state index is 0.0457. The zero-order valence-electron chi connectivity index (χ0n) is 30.2. The van der Waals surface area contributed by atoms with Crippen molar-refractivity contribution in [1.29, 1.82) is 0 Å². The number of carboxylic acids is 1. The van der Waals surface area contributed by atoms with Gasteiger partial charge in [0.1, 0.15) is 24.6 Å². The van der Waals surface area contributed by atoms with Crippen molar-refractivity contribution < 1.29 is 38.7 Å². The van der Waals surface area contributed by atoms with Crippen molar-refractivity contribution in [1.82, 2.24) is 16.0 Å². The highest BCUT2D eigenvalue weighted by atomic mass is 16.6. The molecule has 4 aromatic rings. The molecule has 4 aromatic carbocycles. The molecule has 5 amide bonds.